The third-order valence-corrected chi connectivity index (χ3v) is 3.92. The molecule has 3 nitrogen and oxygen atoms in total. The molecule has 3 rings (SSSR count). The van der Waals surface area contributed by atoms with Crippen LogP contribution in [0.4, 0.5) is 0 Å². The normalized spacial score (nSPS) is 34.2. The lowest BCUT2D eigenvalue weighted by Crippen LogP contribution is -2.37. The minimum atomic E-state index is 0.233. The number of fused-ring (bicyclic) bond motifs is 2. The molecular weight excluding hydrogens is 200 g/mol. The van der Waals surface area contributed by atoms with Crippen molar-refractivity contribution in [1.29, 1.82) is 0 Å². The highest BCUT2D eigenvalue weighted by Crippen LogP contribution is 2.44. The van der Waals surface area contributed by atoms with E-state index < -0.39 is 0 Å². The summed E-state index contributed by atoms with van der Waals surface area (Å²) in [6.07, 6.45) is 4.46. The van der Waals surface area contributed by atoms with Gasteiger partial charge in [-0.05, 0) is 24.8 Å². The van der Waals surface area contributed by atoms with Crippen LogP contribution in [0.25, 0.3) is 0 Å². The zero-order valence-electron chi connectivity index (χ0n) is 9.30. The molecule has 2 aliphatic heterocycles. The summed E-state index contributed by atoms with van der Waals surface area (Å²) >= 11 is 0. The van der Waals surface area contributed by atoms with Crippen LogP contribution in [0.5, 0.6) is 0 Å². The molecule has 0 radical (unpaired) electrons. The summed E-state index contributed by atoms with van der Waals surface area (Å²) in [5, 5.41) is 0. The van der Waals surface area contributed by atoms with Gasteiger partial charge >= 0.3 is 0 Å². The highest BCUT2D eigenvalue weighted by molar-refractivity contribution is 5.20. The Morgan fingerprint density at radius 2 is 2.06 bits per heavy atom. The Labute approximate surface area is 95.9 Å². The maximum absolute atomic E-state index is 5.89. The lowest BCUT2D eigenvalue weighted by molar-refractivity contribution is 0.0857. The minimum Gasteiger partial charge on any atom is -0.375 e. The van der Waals surface area contributed by atoms with Crippen LogP contribution in [0.15, 0.2) is 30.3 Å². The second-order valence-electron chi connectivity index (χ2n) is 4.83. The Balaban J connectivity index is 1.81. The molecule has 0 spiro atoms. The van der Waals surface area contributed by atoms with Crippen molar-refractivity contribution in [2.75, 3.05) is 0 Å². The molecule has 0 aromatic heterocycles. The summed E-state index contributed by atoms with van der Waals surface area (Å²) in [4.78, 5) is 0. The second kappa shape index (κ2) is 4.17. The van der Waals surface area contributed by atoms with Crippen LogP contribution < -0.4 is 11.3 Å². The van der Waals surface area contributed by atoms with Crippen molar-refractivity contribution < 1.29 is 4.74 Å². The van der Waals surface area contributed by atoms with Crippen molar-refractivity contribution in [3.63, 3.8) is 0 Å². The predicted molar refractivity (Wildman–Crippen MR) is 62.5 cm³/mol. The van der Waals surface area contributed by atoms with Gasteiger partial charge in [0.05, 0.1) is 18.2 Å². The van der Waals surface area contributed by atoms with Crippen LogP contribution in [-0.4, -0.2) is 12.2 Å². The third kappa shape index (κ3) is 1.65. The fourth-order valence-corrected chi connectivity index (χ4v) is 3.16. The molecule has 4 unspecified atom stereocenters. The van der Waals surface area contributed by atoms with Gasteiger partial charge < -0.3 is 4.74 Å². The zero-order chi connectivity index (χ0) is 11.0. The van der Waals surface area contributed by atoms with Crippen LogP contribution >= 0.6 is 0 Å². The Bertz CT molecular complexity index is 354. The van der Waals surface area contributed by atoms with Gasteiger partial charge in [-0.15, -0.1) is 0 Å². The molecule has 3 N–H and O–H groups in total. The summed E-state index contributed by atoms with van der Waals surface area (Å²) in [5.41, 5.74) is 4.23. The molecule has 3 heteroatoms. The average Bonchev–Trinajstić information content (AvgIpc) is 2.94. The first kappa shape index (κ1) is 10.3. The van der Waals surface area contributed by atoms with Gasteiger partial charge in [-0.1, -0.05) is 30.3 Å². The molecule has 1 aromatic rings. The van der Waals surface area contributed by atoms with Crippen LogP contribution in [0.1, 0.15) is 30.9 Å². The summed E-state index contributed by atoms with van der Waals surface area (Å²) in [6.45, 7) is 0. The molecule has 0 amide bonds. The molecule has 2 fully saturated rings. The SMILES string of the molecule is NNC(c1ccccc1)C1CC2CCC1O2. The van der Waals surface area contributed by atoms with E-state index in [-0.39, 0.29) is 6.04 Å². The van der Waals surface area contributed by atoms with Crippen LogP contribution in [0.3, 0.4) is 0 Å². The zero-order valence-corrected chi connectivity index (χ0v) is 9.30. The van der Waals surface area contributed by atoms with Gasteiger partial charge in [-0.3, -0.25) is 11.3 Å². The predicted octanol–water partition coefficient (Wildman–Crippen LogP) is 1.76. The quantitative estimate of drug-likeness (QED) is 0.600. The Hall–Kier alpha value is -0.900. The van der Waals surface area contributed by atoms with Crippen molar-refractivity contribution >= 4 is 0 Å². The lowest BCUT2D eigenvalue weighted by atomic mass is 9.81. The highest BCUT2D eigenvalue weighted by atomic mass is 16.5. The number of nitrogens with two attached hydrogens (primary N) is 1. The van der Waals surface area contributed by atoms with E-state index in [1.54, 1.807) is 0 Å². The standard InChI is InChI=1S/C13H18N2O/c14-15-13(9-4-2-1-3-5-9)11-8-10-6-7-12(11)16-10/h1-5,10-13,15H,6-8,14H2. The van der Waals surface area contributed by atoms with Crippen molar-refractivity contribution in [3.8, 4) is 0 Å². The van der Waals surface area contributed by atoms with Crippen LogP contribution in [0.2, 0.25) is 0 Å². The van der Waals surface area contributed by atoms with Gasteiger partial charge in [0.15, 0.2) is 0 Å². The topological polar surface area (TPSA) is 47.3 Å². The van der Waals surface area contributed by atoms with Crippen molar-refractivity contribution in [3.05, 3.63) is 35.9 Å². The first-order chi connectivity index (χ1) is 7.88. The number of hydrogen-bond donors (Lipinski definition) is 2. The lowest BCUT2D eigenvalue weighted by Gasteiger charge is -2.28. The molecule has 1 aromatic carbocycles. The molecule has 2 bridgehead atoms. The number of nitrogens with one attached hydrogen (secondary N) is 1. The maximum atomic E-state index is 5.89. The summed E-state index contributed by atoms with van der Waals surface area (Å²) in [5.74, 6) is 6.24. The number of hydrogen-bond acceptors (Lipinski definition) is 3. The van der Waals surface area contributed by atoms with E-state index in [1.165, 1.54) is 18.4 Å². The molecule has 0 saturated carbocycles. The van der Waals surface area contributed by atoms with Crippen molar-refractivity contribution in [1.82, 2.24) is 5.43 Å². The van der Waals surface area contributed by atoms with Gasteiger partial charge in [0, 0.05) is 5.92 Å². The van der Waals surface area contributed by atoms with E-state index in [9.17, 15) is 0 Å². The minimum absolute atomic E-state index is 0.233. The number of benzene rings is 1. The van der Waals surface area contributed by atoms with Gasteiger partial charge in [0.1, 0.15) is 0 Å². The maximum Gasteiger partial charge on any atom is 0.0627 e. The van der Waals surface area contributed by atoms with E-state index >= 15 is 0 Å². The van der Waals surface area contributed by atoms with E-state index in [0.29, 0.717) is 18.1 Å². The molecule has 2 aliphatic rings. The molecule has 16 heavy (non-hydrogen) atoms. The average molecular weight is 218 g/mol. The second-order valence-corrected chi connectivity index (χ2v) is 4.83. The van der Waals surface area contributed by atoms with Gasteiger partial charge in [-0.2, -0.15) is 0 Å². The summed E-state index contributed by atoms with van der Waals surface area (Å²) in [6, 6.07) is 10.7. The number of hydrazine groups is 1. The number of rotatable bonds is 3. The molecule has 0 aliphatic carbocycles. The van der Waals surface area contributed by atoms with Crippen molar-refractivity contribution in [2.45, 2.75) is 37.5 Å². The number of ether oxygens (including phenoxy) is 1. The largest absolute Gasteiger partial charge is 0.375 e. The molecular formula is C13H18N2O. The van der Waals surface area contributed by atoms with E-state index in [1.807, 2.05) is 6.07 Å². The summed E-state index contributed by atoms with van der Waals surface area (Å²) in [7, 11) is 0. The first-order valence-corrected chi connectivity index (χ1v) is 6.05. The van der Waals surface area contributed by atoms with Gasteiger partial charge in [0.25, 0.3) is 0 Å². The molecule has 4 atom stereocenters. The fourth-order valence-electron chi connectivity index (χ4n) is 3.16. The van der Waals surface area contributed by atoms with Crippen molar-refractivity contribution in [2.24, 2.45) is 11.8 Å². The summed E-state index contributed by atoms with van der Waals surface area (Å²) < 4.78 is 5.89. The van der Waals surface area contributed by atoms with Gasteiger partial charge in [0.2, 0.25) is 0 Å². The Kier molecular flexibility index (Phi) is 2.67. The molecule has 2 saturated heterocycles. The van der Waals surface area contributed by atoms with Crippen LogP contribution in [0, 0.1) is 5.92 Å². The highest BCUT2D eigenvalue weighted by Gasteiger charge is 2.44. The fraction of sp³-hybridized carbons (Fsp3) is 0.538. The first-order valence-electron chi connectivity index (χ1n) is 6.05. The molecule has 2 heterocycles. The van der Waals surface area contributed by atoms with Crippen LogP contribution in [-0.2, 0) is 4.74 Å². The monoisotopic (exact) mass is 218 g/mol. The third-order valence-electron chi connectivity index (χ3n) is 3.92. The van der Waals surface area contributed by atoms with Gasteiger partial charge in [-0.25, -0.2) is 0 Å². The Morgan fingerprint density at radius 1 is 1.25 bits per heavy atom. The van der Waals surface area contributed by atoms with E-state index in [0.717, 1.165) is 6.42 Å². The van der Waals surface area contributed by atoms with E-state index in [2.05, 4.69) is 29.7 Å². The van der Waals surface area contributed by atoms with E-state index in [4.69, 9.17) is 10.6 Å². The smallest absolute Gasteiger partial charge is 0.0627 e. The Morgan fingerprint density at radius 3 is 2.62 bits per heavy atom. The molecule has 86 valence electrons.